The van der Waals surface area contributed by atoms with Crippen LogP contribution in [-0.4, -0.2) is 32.0 Å². The molecule has 1 N–H and O–H groups in total. The molecule has 0 atom stereocenters. The molecule has 3 nitrogen and oxygen atoms in total. The lowest BCUT2D eigenvalue weighted by molar-refractivity contribution is 0.283. The first-order valence-electron chi connectivity index (χ1n) is 6.88. The summed E-state index contributed by atoms with van der Waals surface area (Å²) in [6.07, 6.45) is 3.45. The first-order valence-corrected chi connectivity index (χ1v) is 9.56. The molecule has 0 saturated heterocycles. The van der Waals surface area contributed by atoms with Crippen LogP contribution in [0.4, 0.5) is 0 Å². The minimum atomic E-state index is -3.02. The Balaban J connectivity index is 1.85. The van der Waals surface area contributed by atoms with Gasteiger partial charge in [-0.2, -0.15) is 0 Å². The van der Waals surface area contributed by atoms with Crippen LogP contribution in [0.25, 0.3) is 0 Å². The molecule has 1 aliphatic carbocycles. The van der Waals surface area contributed by atoms with Crippen molar-refractivity contribution in [1.29, 1.82) is 0 Å². The molecule has 1 aromatic rings. The average molecular weight is 360 g/mol. The Kier molecular flexibility index (Phi) is 4.62. The van der Waals surface area contributed by atoms with Crippen molar-refractivity contribution < 1.29 is 8.42 Å². The quantitative estimate of drug-likeness (QED) is 0.878. The van der Waals surface area contributed by atoms with Gasteiger partial charge in [-0.3, -0.25) is 0 Å². The van der Waals surface area contributed by atoms with E-state index in [0.717, 1.165) is 12.8 Å². The number of benzene rings is 1. The summed E-state index contributed by atoms with van der Waals surface area (Å²) in [4.78, 5) is 0. The highest BCUT2D eigenvalue weighted by Crippen LogP contribution is 2.40. The van der Waals surface area contributed by atoms with E-state index in [-0.39, 0.29) is 0 Å². The Morgan fingerprint density at radius 1 is 1.30 bits per heavy atom. The van der Waals surface area contributed by atoms with Gasteiger partial charge >= 0.3 is 0 Å². The van der Waals surface area contributed by atoms with E-state index in [1.165, 1.54) is 16.3 Å². The monoisotopic (exact) mass is 359 g/mol. The summed E-state index contributed by atoms with van der Waals surface area (Å²) >= 11 is 3.59. The predicted molar refractivity (Wildman–Crippen MR) is 86.8 cm³/mol. The van der Waals surface area contributed by atoms with Crippen LogP contribution < -0.4 is 5.32 Å². The molecular weight excluding hydrogens is 338 g/mol. The van der Waals surface area contributed by atoms with E-state index in [0.29, 0.717) is 18.5 Å². The van der Waals surface area contributed by atoms with Crippen LogP contribution in [-0.2, 0) is 9.84 Å². The van der Waals surface area contributed by atoms with Crippen molar-refractivity contribution in [2.45, 2.75) is 43.4 Å². The van der Waals surface area contributed by atoms with Crippen LogP contribution in [0, 0.1) is 0 Å². The van der Waals surface area contributed by atoms with Crippen molar-refractivity contribution in [3.63, 3.8) is 0 Å². The maximum absolute atomic E-state index is 11.7. The fourth-order valence-electron chi connectivity index (χ4n) is 2.37. The van der Waals surface area contributed by atoms with E-state index in [1.54, 1.807) is 13.8 Å². The molecule has 0 aliphatic heterocycles. The number of hydrogen-bond donors (Lipinski definition) is 1. The summed E-state index contributed by atoms with van der Waals surface area (Å²) in [6.45, 7) is 4.07. The predicted octanol–water partition coefficient (Wildman–Crippen LogP) is 3.11. The van der Waals surface area contributed by atoms with Gasteiger partial charge in [-0.25, -0.2) is 8.42 Å². The minimum Gasteiger partial charge on any atom is -0.312 e. The van der Waals surface area contributed by atoms with E-state index in [4.69, 9.17) is 0 Å². The Morgan fingerprint density at radius 2 is 1.90 bits per heavy atom. The Morgan fingerprint density at radius 3 is 2.45 bits per heavy atom. The second kappa shape index (κ2) is 5.78. The molecule has 0 unspecified atom stereocenters. The lowest BCUT2D eigenvalue weighted by atomic mass is 9.76. The average Bonchev–Trinajstić information content (AvgIpc) is 2.27. The van der Waals surface area contributed by atoms with Crippen molar-refractivity contribution >= 4 is 25.8 Å². The highest BCUT2D eigenvalue weighted by atomic mass is 79.9. The van der Waals surface area contributed by atoms with E-state index < -0.39 is 14.6 Å². The molecule has 0 spiro atoms. The minimum absolute atomic E-state index is 0.424. The van der Waals surface area contributed by atoms with Gasteiger partial charge in [0.1, 0.15) is 0 Å². The first kappa shape index (κ1) is 16.0. The largest absolute Gasteiger partial charge is 0.312 e. The smallest absolute Gasteiger partial charge is 0.153 e. The molecule has 1 saturated carbocycles. The molecule has 2 rings (SSSR count). The molecule has 112 valence electrons. The summed E-state index contributed by atoms with van der Waals surface area (Å²) in [7, 11) is -3.02. The van der Waals surface area contributed by atoms with Crippen LogP contribution in [0.5, 0.6) is 0 Å². The number of rotatable bonds is 5. The van der Waals surface area contributed by atoms with Crippen LogP contribution in [0.2, 0.25) is 0 Å². The number of halogens is 1. The second-order valence-electron chi connectivity index (χ2n) is 6.30. The SMILES string of the molecule is CC(C)(CNC1CC(c2ccccc2Br)C1)S(C)(=O)=O. The Hall–Kier alpha value is -0.390. The van der Waals surface area contributed by atoms with Gasteiger partial charge in [0.05, 0.1) is 4.75 Å². The normalized spacial score (nSPS) is 23.4. The van der Waals surface area contributed by atoms with Gasteiger partial charge in [0.15, 0.2) is 9.84 Å². The molecular formula is C15H22BrNO2S. The molecule has 20 heavy (non-hydrogen) atoms. The zero-order chi connectivity index (χ0) is 15.0. The van der Waals surface area contributed by atoms with Gasteiger partial charge < -0.3 is 5.32 Å². The Bertz CT molecular complexity index is 577. The van der Waals surface area contributed by atoms with Crippen LogP contribution in [0.3, 0.4) is 0 Å². The third-order valence-corrected chi connectivity index (χ3v) is 7.18. The summed E-state index contributed by atoms with van der Waals surface area (Å²) < 4.78 is 23.8. The van der Waals surface area contributed by atoms with Gasteiger partial charge in [-0.1, -0.05) is 34.1 Å². The van der Waals surface area contributed by atoms with Crippen molar-refractivity contribution in [2.75, 3.05) is 12.8 Å². The number of hydrogen-bond acceptors (Lipinski definition) is 3. The molecule has 0 heterocycles. The topological polar surface area (TPSA) is 46.2 Å². The summed E-state index contributed by atoms with van der Waals surface area (Å²) in [5, 5.41) is 3.39. The second-order valence-corrected chi connectivity index (χ2v) is 9.80. The van der Waals surface area contributed by atoms with Gasteiger partial charge in [0, 0.05) is 23.3 Å². The highest BCUT2D eigenvalue weighted by Gasteiger charge is 2.35. The van der Waals surface area contributed by atoms with Gasteiger partial charge in [-0.05, 0) is 44.2 Å². The standard InChI is InChI=1S/C15H22BrNO2S/c1-15(2,20(3,18)19)10-17-12-8-11(9-12)13-6-4-5-7-14(13)16/h4-7,11-12,17H,8-10H2,1-3H3. The highest BCUT2D eigenvalue weighted by molar-refractivity contribution is 9.10. The zero-order valence-electron chi connectivity index (χ0n) is 12.2. The Labute approximate surface area is 130 Å². The molecule has 0 amide bonds. The fraction of sp³-hybridized carbons (Fsp3) is 0.600. The van der Waals surface area contributed by atoms with Crippen molar-refractivity contribution in [2.24, 2.45) is 0 Å². The summed E-state index contributed by atoms with van der Waals surface area (Å²) in [6, 6.07) is 8.74. The maximum Gasteiger partial charge on any atom is 0.153 e. The van der Waals surface area contributed by atoms with Gasteiger partial charge in [0.25, 0.3) is 0 Å². The lowest BCUT2D eigenvalue weighted by Gasteiger charge is -2.38. The molecule has 0 aromatic heterocycles. The molecule has 1 aromatic carbocycles. The van der Waals surface area contributed by atoms with Crippen LogP contribution in [0.15, 0.2) is 28.7 Å². The van der Waals surface area contributed by atoms with E-state index in [2.05, 4.69) is 39.4 Å². The molecule has 0 bridgehead atoms. The lowest BCUT2D eigenvalue weighted by Crippen LogP contribution is -2.49. The first-order chi connectivity index (χ1) is 9.21. The van der Waals surface area contributed by atoms with Crippen molar-refractivity contribution in [1.82, 2.24) is 5.32 Å². The molecule has 1 aliphatic rings. The molecule has 5 heteroatoms. The third kappa shape index (κ3) is 3.43. The number of sulfone groups is 1. The van der Waals surface area contributed by atoms with E-state index in [1.807, 2.05) is 6.07 Å². The van der Waals surface area contributed by atoms with Crippen LogP contribution in [0.1, 0.15) is 38.2 Å². The van der Waals surface area contributed by atoms with E-state index in [9.17, 15) is 8.42 Å². The fourth-order valence-corrected chi connectivity index (χ4v) is 3.32. The van der Waals surface area contributed by atoms with Crippen molar-refractivity contribution in [3.05, 3.63) is 34.3 Å². The molecule has 0 radical (unpaired) electrons. The summed E-state index contributed by atoms with van der Waals surface area (Å²) in [5.41, 5.74) is 1.35. The van der Waals surface area contributed by atoms with E-state index >= 15 is 0 Å². The third-order valence-electron chi connectivity index (χ3n) is 4.30. The van der Waals surface area contributed by atoms with Gasteiger partial charge in [0.2, 0.25) is 0 Å². The molecule has 1 fully saturated rings. The van der Waals surface area contributed by atoms with Crippen LogP contribution >= 0.6 is 15.9 Å². The maximum atomic E-state index is 11.7. The van der Waals surface area contributed by atoms with Crippen molar-refractivity contribution in [3.8, 4) is 0 Å². The zero-order valence-corrected chi connectivity index (χ0v) is 14.6. The summed E-state index contributed by atoms with van der Waals surface area (Å²) in [5.74, 6) is 0.574. The number of nitrogens with one attached hydrogen (secondary N) is 1. The van der Waals surface area contributed by atoms with Gasteiger partial charge in [-0.15, -0.1) is 0 Å².